The zero-order valence-corrected chi connectivity index (χ0v) is 10.6. The lowest BCUT2D eigenvalue weighted by Crippen LogP contribution is -2.44. The van der Waals surface area contributed by atoms with Crippen molar-refractivity contribution in [1.82, 2.24) is 4.90 Å². The van der Waals surface area contributed by atoms with Crippen LogP contribution in [-0.2, 0) is 0 Å². The molecule has 1 aliphatic carbocycles. The van der Waals surface area contributed by atoms with Gasteiger partial charge in [0, 0.05) is 6.54 Å². The molecule has 2 nitrogen and oxygen atoms in total. The van der Waals surface area contributed by atoms with Crippen molar-refractivity contribution < 1.29 is 5.11 Å². The largest absolute Gasteiger partial charge is 0.389 e. The van der Waals surface area contributed by atoms with Gasteiger partial charge in [-0.1, -0.05) is 32.1 Å². The third-order valence-corrected chi connectivity index (χ3v) is 4.39. The average molecular weight is 221 g/mol. The van der Waals surface area contributed by atoms with Gasteiger partial charge in [-0.15, -0.1) is 0 Å². The van der Waals surface area contributed by atoms with Gasteiger partial charge < -0.3 is 10.0 Å². The SMILES string of the molecule is CC1CN(C)CCC1(C)C1=CC(O)CC=C1. The highest BCUT2D eigenvalue weighted by molar-refractivity contribution is 5.32. The van der Waals surface area contributed by atoms with Gasteiger partial charge in [-0.25, -0.2) is 0 Å². The summed E-state index contributed by atoms with van der Waals surface area (Å²) in [5.74, 6) is 0.646. The highest BCUT2D eigenvalue weighted by atomic mass is 16.3. The minimum absolute atomic E-state index is 0.240. The summed E-state index contributed by atoms with van der Waals surface area (Å²) in [7, 11) is 2.19. The Morgan fingerprint density at radius 1 is 1.50 bits per heavy atom. The number of rotatable bonds is 1. The maximum atomic E-state index is 9.72. The molecule has 90 valence electrons. The summed E-state index contributed by atoms with van der Waals surface area (Å²) in [6.07, 6.45) is 8.07. The quantitative estimate of drug-likeness (QED) is 0.734. The van der Waals surface area contributed by atoms with Crippen molar-refractivity contribution in [3.63, 3.8) is 0 Å². The zero-order chi connectivity index (χ0) is 11.8. The Kier molecular flexibility index (Phi) is 3.22. The molecule has 2 aliphatic rings. The van der Waals surface area contributed by atoms with E-state index in [4.69, 9.17) is 0 Å². The lowest BCUT2D eigenvalue weighted by molar-refractivity contribution is 0.102. The van der Waals surface area contributed by atoms with Crippen LogP contribution in [0.25, 0.3) is 0 Å². The molecule has 1 heterocycles. The number of aliphatic hydroxyl groups is 1. The monoisotopic (exact) mass is 221 g/mol. The Labute approximate surface area is 98.6 Å². The number of likely N-dealkylation sites (tertiary alicyclic amines) is 1. The number of allylic oxidation sites excluding steroid dienone is 2. The third-order valence-electron chi connectivity index (χ3n) is 4.39. The molecule has 2 heteroatoms. The maximum Gasteiger partial charge on any atom is 0.0761 e. The van der Waals surface area contributed by atoms with E-state index in [2.05, 4.69) is 44.0 Å². The molecule has 1 saturated heterocycles. The maximum absolute atomic E-state index is 9.72. The van der Waals surface area contributed by atoms with Gasteiger partial charge in [-0.3, -0.25) is 0 Å². The molecule has 1 aliphatic heterocycles. The van der Waals surface area contributed by atoms with Gasteiger partial charge in [0.1, 0.15) is 0 Å². The number of nitrogens with zero attached hydrogens (tertiary/aromatic N) is 1. The molecule has 1 fully saturated rings. The van der Waals surface area contributed by atoms with Crippen LogP contribution in [-0.4, -0.2) is 36.2 Å². The first kappa shape index (κ1) is 11.9. The predicted molar refractivity (Wildman–Crippen MR) is 67.2 cm³/mol. The Balaban J connectivity index is 2.21. The van der Waals surface area contributed by atoms with Gasteiger partial charge >= 0.3 is 0 Å². The van der Waals surface area contributed by atoms with Crippen LogP contribution in [0.15, 0.2) is 23.8 Å². The highest BCUT2D eigenvalue weighted by Gasteiger charge is 2.38. The first-order valence-electron chi connectivity index (χ1n) is 6.28. The van der Waals surface area contributed by atoms with E-state index in [1.54, 1.807) is 0 Å². The summed E-state index contributed by atoms with van der Waals surface area (Å²) in [6, 6.07) is 0. The van der Waals surface area contributed by atoms with Gasteiger partial charge in [-0.2, -0.15) is 0 Å². The van der Waals surface area contributed by atoms with E-state index in [1.807, 2.05) is 0 Å². The molecule has 0 aromatic carbocycles. The average Bonchev–Trinajstić information content (AvgIpc) is 2.24. The fourth-order valence-electron chi connectivity index (χ4n) is 2.90. The van der Waals surface area contributed by atoms with E-state index in [-0.39, 0.29) is 11.5 Å². The van der Waals surface area contributed by atoms with E-state index in [0.29, 0.717) is 5.92 Å². The molecule has 0 amide bonds. The normalized spacial score (nSPS) is 40.9. The van der Waals surface area contributed by atoms with Gasteiger partial charge in [0.05, 0.1) is 6.10 Å². The number of hydrogen-bond donors (Lipinski definition) is 1. The van der Waals surface area contributed by atoms with Crippen molar-refractivity contribution in [3.05, 3.63) is 23.8 Å². The molecule has 0 aromatic rings. The third kappa shape index (κ3) is 2.09. The van der Waals surface area contributed by atoms with Crippen LogP contribution in [0.2, 0.25) is 0 Å². The molecular formula is C14H23NO. The molecule has 0 radical (unpaired) electrons. The summed E-state index contributed by atoms with van der Waals surface area (Å²) in [6.45, 7) is 6.98. The lowest BCUT2D eigenvalue weighted by Gasteiger charge is -2.45. The molecule has 3 unspecified atom stereocenters. The minimum Gasteiger partial charge on any atom is -0.389 e. The number of piperidine rings is 1. The minimum atomic E-state index is -0.274. The first-order chi connectivity index (χ1) is 7.52. The Hall–Kier alpha value is -0.600. The van der Waals surface area contributed by atoms with Crippen LogP contribution in [0, 0.1) is 11.3 Å². The summed E-state index contributed by atoms with van der Waals surface area (Å²) in [5.41, 5.74) is 1.58. The molecule has 0 aromatic heterocycles. The van der Waals surface area contributed by atoms with Crippen molar-refractivity contribution in [1.29, 1.82) is 0 Å². The number of hydrogen-bond acceptors (Lipinski definition) is 2. The fourth-order valence-corrected chi connectivity index (χ4v) is 2.90. The smallest absolute Gasteiger partial charge is 0.0761 e. The van der Waals surface area contributed by atoms with E-state index in [1.165, 1.54) is 12.0 Å². The molecule has 0 bridgehead atoms. The molecular weight excluding hydrogens is 198 g/mol. The molecule has 1 N–H and O–H groups in total. The predicted octanol–water partition coefficient (Wildman–Crippen LogP) is 2.21. The van der Waals surface area contributed by atoms with Crippen LogP contribution in [0.1, 0.15) is 26.7 Å². The molecule has 16 heavy (non-hydrogen) atoms. The van der Waals surface area contributed by atoms with E-state index in [9.17, 15) is 5.11 Å². The topological polar surface area (TPSA) is 23.5 Å². The van der Waals surface area contributed by atoms with Crippen LogP contribution in [0.5, 0.6) is 0 Å². The Morgan fingerprint density at radius 3 is 2.88 bits per heavy atom. The first-order valence-corrected chi connectivity index (χ1v) is 6.28. The van der Waals surface area contributed by atoms with Crippen LogP contribution >= 0.6 is 0 Å². The Bertz CT molecular complexity index is 321. The van der Waals surface area contributed by atoms with Crippen LogP contribution in [0.3, 0.4) is 0 Å². The molecule has 3 atom stereocenters. The molecule has 2 rings (SSSR count). The van der Waals surface area contributed by atoms with Crippen molar-refractivity contribution in [2.24, 2.45) is 11.3 Å². The van der Waals surface area contributed by atoms with E-state index < -0.39 is 0 Å². The zero-order valence-electron chi connectivity index (χ0n) is 10.6. The van der Waals surface area contributed by atoms with Crippen molar-refractivity contribution in [3.8, 4) is 0 Å². The van der Waals surface area contributed by atoms with Crippen LogP contribution in [0.4, 0.5) is 0 Å². The van der Waals surface area contributed by atoms with E-state index in [0.717, 1.165) is 19.5 Å². The second kappa shape index (κ2) is 4.34. The summed E-state index contributed by atoms with van der Waals surface area (Å²) in [5, 5.41) is 9.72. The summed E-state index contributed by atoms with van der Waals surface area (Å²) < 4.78 is 0. The molecule has 0 spiro atoms. The second-order valence-electron chi connectivity index (χ2n) is 5.66. The van der Waals surface area contributed by atoms with Gasteiger partial charge in [0.2, 0.25) is 0 Å². The van der Waals surface area contributed by atoms with Gasteiger partial charge in [-0.05, 0) is 43.3 Å². The van der Waals surface area contributed by atoms with Crippen molar-refractivity contribution in [2.45, 2.75) is 32.8 Å². The standard InChI is InChI=1S/C14H23NO/c1-11-10-15(3)8-7-14(11,2)12-5-4-6-13(16)9-12/h4-5,9,11,13,16H,6-8,10H2,1-3H3. The summed E-state index contributed by atoms with van der Waals surface area (Å²) >= 11 is 0. The van der Waals surface area contributed by atoms with Crippen molar-refractivity contribution in [2.75, 3.05) is 20.1 Å². The highest BCUT2D eigenvalue weighted by Crippen LogP contribution is 2.43. The fraction of sp³-hybridized carbons (Fsp3) is 0.714. The van der Waals surface area contributed by atoms with Crippen molar-refractivity contribution >= 4 is 0 Å². The second-order valence-corrected chi connectivity index (χ2v) is 5.66. The lowest BCUT2D eigenvalue weighted by atomic mass is 9.66. The van der Waals surface area contributed by atoms with Crippen LogP contribution < -0.4 is 0 Å². The Morgan fingerprint density at radius 2 is 2.25 bits per heavy atom. The molecule has 0 saturated carbocycles. The van der Waals surface area contributed by atoms with Gasteiger partial charge in [0.25, 0.3) is 0 Å². The number of aliphatic hydroxyl groups excluding tert-OH is 1. The summed E-state index contributed by atoms with van der Waals surface area (Å²) in [4.78, 5) is 2.40. The van der Waals surface area contributed by atoms with Gasteiger partial charge in [0.15, 0.2) is 0 Å². The van der Waals surface area contributed by atoms with E-state index >= 15 is 0 Å².